The minimum atomic E-state index is -1.09. The van der Waals surface area contributed by atoms with E-state index in [1.165, 1.54) is 0 Å². The normalized spacial score (nSPS) is 18.0. The van der Waals surface area contributed by atoms with Crippen molar-refractivity contribution in [1.29, 1.82) is 0 Å². The van der Waals surface area contributed by atoms with Crippen LogP contribution >= 0.6 is 0 Å². The molecule has 1 saturated carbocycles. The van der Waals surface area contributed by atoms with E-state index in [0.29, 0.717) is 12.8 Å². The lowest BCUT2D eigenvalue weighted by molar-refractivity contribution is -0.148. The molecule has 108 valence electrons. The zero-order valence-electron chi connectivity index (χ0n) is 11.5. The molecule has 5 heteroatoms. The summed E-state index contributed by atoms with van der Waals surface area (Å²) in [7, 11) is 0. The SMILES string of the molecule is O=C(Cc1cccnc1)NC1(C(=O)O)CCCCCC1. The second-order valence-electron chi connectivity index (χ2n) is 5.39. The van der Waals surface area contributed by atoms with Gasteiger partial charge >= 0.3 is 5.97 Å². The van der Waals surface area contributed by atoms with Gasteiger partial charge in [-0.15, -0.1) is 0 Å². The quantitative estimate of drug-likeness (QED) is 0.823. The van der Waals surface area contributed by atoms with E-state index in [-0.39, 0.29) is 12.3 Å². The van der Waals surface area contributed by atoms with Crippen molar-refractivity contribution in [2.75, 3.05) is 0 Å². The highest BCUT2D eigenvalue weighted by molar-refractivity contribution is 5.88. The topological polar surface area (TPSA) is 79.3 Å². The summed E-state index contributed by atoms with van der Waals surface area (Å²) in [5.74, 6) is -1.17. The minimum Gasteiger partial charge on any atom is -0.480 e. The molecule has 0 atom stereocenters. The Bertz CT molecular complexity index is 465. The molecular weight excluding hydrogens is 256 g/mol. The van der Waals surface area contributed by atoms with E-state index in [1.54, 1.807) is 18.5 Å². The van der Waals surface area contributed by atoms with E-state index in [1.807, 2.05) is 6.07 Å². The highest BCUT2D eigenvalue weighted by Gasteiger charge is 2.39. The summed E-state index contributed by atoms with van der Waals surface area (Å²) in [5, 5.41) is 12.3. The number of pyridine rings is 1. The van der Waals surface area contributed by atoms with Crippen molar-refractivity contribution in [3.05, 3.63) is 30.1 Å². The van der Waals surface area contributed by atoms with Crippen LogP contribution in [0.25, 0.3) is 0 Å². The Hall–Kier alpha value is -1.91. The summed E-state index contributed by atoms with van der Waals surface area (Å²) in [6.07, 6.45) is 8.23. The van der Waals surface area contributed by atoms with Gasteiger partial charge in [0.05, 0.1) is 6.42 Å². The average Bonchev–Trinajstić information content (AvgIpc) is 2.66. The molecule has 1 amide bonds. The Morgan fingerprint density at radius 3 is 2.50 bits per heavy atom. The molecule has 1 heterocycles. The number of carboxylic acids is 1. The zero-order valence-corrected chi connectivity index (χ0v) is 11.5. The Morgan fingerprint density at radius 2 is 1.95 bits per heavy atom. The molecule has 2 rings (SSSR count). The van der Waals surface area contributed by atoms with Crippen molar-refractivity contribution in [3.8, 4) is 0 Å². The van der Waals surface area contributed by atoms with Crippen LogP contribution in [0.15, 0.2) is 24.5 Å². The van der Waals surface area contributed by atoms with Gasteiger partial charge in [-0.25, -0.2) is 4.79 Å². The van der Waals surface area contributed by atoms with E-state index in [4.69, 9.17) is 0 Å². The second-order valence-corrected chi connectivity index (χ2v) is 5.39. The fourth-order valence-corrected chi connectivity index (χ4v) is 2.72. The highest BCUT2D eigenvalue weighted by Crippen LogP contribution is 2.27. The average molecular weight is 276 g/mol. The van der Waals surface area contributed by atoms with Gasteiger partial charge in [0.25, 0.3) is 0 Å². The van der Waals surface area contributed by atoms with Crippen LogP contribution in [0.2, 0.25) is 0 Å². The Balaban J connectivity index is 2.04. The molecule has 1 aliphatic carbocycles. The van der Waals surface area contributed by atoms with Crippen LogP contribution in [0.1, 0.15) is 44.1 Å². The molecule has 0 unspecified atom stereocenters. The van der Waals surface area contributed by atoms with Crippen LogP contribution in [0.4, 0.5) is 0 Å². The highest BCUT2D eigenvalue weighted by atomic mass is 16.4. The molecular formula is C15H20N2O3. The summed E-state index contributed by atoms with van der Waals surface area (Å²) in [6, 6.07) is 3.58. The Morgan fingerprint density at radius 1 is 1.25 bits per heavy atom. The molecule has 1 aromatic rings. The molecule has 0 spiro atoms. The summed E-state index contributed by atoms with van der Waals surface area (Å²) in [6.45, 7) is 0. The molecule has 0 radical (unpaired) electrons. The third kappa shape index (κ3) is 3.56. The summed E-state index contributed by atoms with van der Waals surface area (Å²) >= 11 is 0. The predicted molar refractivity (Wildman–Crippen MR) is 74.2 cm³/mol. The third-order valence-corrected chi connectivity index (χ3v) is 3.83. The van der Waals surface area contributed by atoms with Crippen LogP contribution in [0, 0.1) is 0 Å². The smallest absolute Gasteiger partial charge is 0.329 e. The maximum absolute atomic E-state index is 12.1. The molecule has 0 aliphatic heterocycles. The summed E-state index contributed by atoms with van der Waals surface area (Å²) in [4.78, 5) is 27.6. The number of aliphatic carboxylic acids is 1. The molecule has 5 nitrogen and oxygen atoms in total. The maximum Gasteiger partial charge on any atom is 0.329 e. The first-order valence-corrected chi connectivity index (χ1v) is 7.06. The fraction of sp³-hybridized carbons (Fsp3) is 0.533. The summed E-state index contributed by atoms with van der Waals surface area (Å²) in [5.41, 5.74) is -0.297. The van der Waals surface area contributed by atoms with Gasteiger partial charge in [-0.2, -0.15) is 0 Å². The largest absolute Gasteiger partial charge is 0.480 e. The van der Waals surface area contributed by atoms with E-state index < -0.39 is 11.5 Å². The summed E-state index contributed by atoms with van der Waals surface area (Å²) < 4.78 is 0. The van der Waals surface area contributed by atoms with Crippen LogP contribution in [0.3, 0.4) is 0 Å². The van der Waals surface area contributed by atoms with E-state index >= 15 is 0 Å². The molecule has 0 bridgehead atoms. The number of hydrogen-bond acceptors (Lipinski definition) is 3. The lowest BCUT2D eigenvalue weighted by atomic mass is 9.90. The zero-order chi connectivity index (χ0) is 14.4. The molecule has 20 heavy (non-hydrogen) atoms. The van der Waals surface area contributed by atoms with Crippen molar-refractivity contribution >= 4 is 11.9 Å². The van der Waals surface area contributed by atoms with Crippen molar-refractivity contribution in [2.24, 2.45) is 0 Å². The van der Waals surface area contributed by atoms with Crippen molar-refractivity contribution < 1.29 is 14.7 Å². The number of hydrogen-bond donors (Lipinski definition) is 2. The molecule has 0 saturated heterocycles. The first-order valence-electron chi connectivity index (χ1n) is 7.06. The molecule has 1 fully saturated rings. The van der Waals surface area contributed by atoms with Crippen LogP contribution < -0.4 is 5.32 Å². The van der Waals surface area contributed by atoms with E-state index in [9.17, 15) is 14.7 Å². The second kappa shape index (κ2) is 6.50. The molecule has 2 N–H and O–H groups in total. The number of carboxylic acid groups (broad SMARTS) is 1. The molecule has 1 aliphatic rings. The number of amides is 1. The fourth-order valence-electron chi connectivity index (χ4n) is 2.72. The van der Waals surface area contributed by atoms with Gasteiger partial charge in [-0.3, -0.25) is 9.78 Å². The van der Waals surface area contributed by atoms with Crippen molar-refractivity contribution in [3.63, 3.8) is 0 Å². The lowest BCUT2D eigenvalue weighted by Gasteiger charge is -2.29. The Labute approximate surface area is 118 Å². The van der Waals surface area contributed by atoms with Gasteiger partial charge in [0.2, 0.25) is 5.91 Å². The maximum atomic E-state index is 12.1. The van der Waals surface area contributed by atoms with E-state index in [0.717, 1.165) is 31.2 Å². The number of carbonyl (C=O) groups excluding carboxylic acids is 1. The molecule has 1 aromatic heterocycles. The molecule has 0 aromatic carbocycles. The third-order valence-electron chi connectivity index (χ3n) is 3.83. The van der Waals surface area contributed by atoms with Crippen LogP contribution in [-0.2, 0) is 16.0 Å². The van der Waals surface area contributed by atoms with Gasteiger partial charge in [-0.05, 0) is 24.5 Å². The van der Waals surface area contributed by atoms with Gasteiger partial charge in [0, 0.05) is 12.4 Å². The standard InChI is InChI=1S/C15H20N2O3/c18-13(10-12-6-5-9-16-11-12)17-15(14(19)20)7-3-1-2-4-8-15/h5-6,9,11H,1-4,7-8,10H2,(H,17,18)(H,19,20). The lowest BCUT2D eigenvalue weighted by Crippen LogP contribution is -2.54. The number of rotatable bonds is 4. The van der Waals surface area contributed by atoms with Crippen molar-refractivity contribution in [1.82, 2.24) is 10.3 Å². The predicted octanol–water partition coefficient (Wildman–Crippen LogP) is 1.92. The number of nitrogens with one attached hydrogen (secondary N) is 1. The minimum absolute atomic E-state index is 0.170. The van der Waals surface area contributed by atoms with Gasteiger partial charge in [0.1, 0.15) is 5.54 Å². The van der Waals surface area contributed by atoms with Gasteiger partial charge in [0.15, 0.2) is 0 Å². The van der Waals surface area contributed by atoms with E-state index in [2.05, 4.69) is 10.3 Å². The van der Waals surface area contributed by atoms with Gasteiger partial charge in [-0.1, -0.05) is 31.7 Å². The van der Waals surface area contributed by atoms with Crippen LogP contribution in [-0.4, -0.2) is 27.5 Å². The first kappa shape index (κ1) is 14.5. The van der Waals surface area contributed by atoms with Gasteiger partial charge < -0.3 is 10.4 Å². The number of carbonyl (C=O) groups is 2. The monoisotopic (exact) mass is 276 g/mol. The van der Waals surface area contributed by atoms with Crippen LogP contribution in [0.5, 0.6) is 0 Å². The first-order chi connectivity index (χ1) is 9.62. The number of nitrogens with zero attached hydrogens (tertiary/aromatic N) is 1. The van der Waals surface area contributed by atoms with Crippen molar-refractivity contribution in [2.45, 2.75) is 50.5 Å². The Kier molecular flexibility index (Phi) is 4.71. The number of aromatic nitrogens is 1.